The molecular weight excluding hydrogens is 520 g/mol. The van der Waals surface area contributed by atoms with E-state index in [1.165, 1.54) is 0 Å². The highest BCUT2D eigenvalue weighted by atomic mass is 32.2. The summed E-state index contributed by atoms with van der Waals surface area (Å²) >= 11 is 0. The summed E-state index contributed by atoms with van der Waals surface area (Å²) in [6.45, 7) is -1.21. The van der Waals surface area contributed by atoms with Crippen LogP contribution in [0, 0.1) is 0 Å². The quantitative estimate of drug-likeness (QED) is 0.268. The van der Waals surface area contributed by atoms with Crippen molar-refractivity contribution in [3.63, 3.8) is 0 Å². The Morgan fingerprint density at radius 3 is 1.32 bits per heavy atom. The Morgan fingerprint density at radius 2 is 1.00 bits per heavy atom. The fraction of sp³-hybridized carbons (Fsp3) is 1.00. The van der Waals surface area contributed by atoms with E-state index in [4.69, 9.17) is 0 Å². The van der Waals surface area contributed by atoms with Gasteiger partial charge in [0, 0.05) is 0 Å². The maximum absolute atomic E-state index is 13.1. The van der Waals surface area contributed by atoms with Crippen LogP contribution in [-0.2, 0) is 28.6 Å². The van der Waals surface area contributed by atoms with Crippen molar-refractivity contribution in [2.75, 3.05) is 18.1 Å². The number of rotatable bonds is 13. The van der Waals surface area contributed by atoms with Crippen molar-refractivity contribution in [2.24, 2.45) is 0 Å². The van der Waals surface area contributed by atoms with Gasteiger partial charge in [-0.15, -0.1) is 0 Å². The van der Waals surface area contributed by atoms with Crippen molar-refractivity contribution in [1.29, 1.82) is 0 Å². The van der Waals surface area contributed by atoms with Gasteiger partial charge in [0.2, 0.25) is 0 Å². The van der Waals surface area contributed by atoms with Crippen molar-refractivity contribution >= 4 is 20.2 Å². The molecule has 0 aliphatic heterocycles. The standard InChI is InChI=1S/C11H12F12O6S2/c1-5(29-31(26,27)4-9(18,19)11(22,23)7(14)15)2-28-30(24,25)3-8(16,17)10(20,21)6(12)13/h5-7H,2-4H2,1H3. The van der Waals surface area contributed by atoms with Crippen molar-refractivity contribution < 1.29 is 77.9 Å². The Bertz CT molecular complexity index is 811. The molecule has 1 atom stereocenters. The zero-order chi connectivity index (χ0) is 25.3. The third-order valence-electron chi connectivity index (χ3n) is 3.03. The fourth-order valence-electron chi connectivity index (χ4n) is 1.51. The third-order valence-corrected chi connectivity index (χ3v) is 5.58. The predicted octanol–water partition coefficient (Wildman–Crippen LogP) is 3.14. The SMILES string of the molecule is CC(COS(=O)(=O)CC(F)(F)C(F)(F)C(F)F)OS(=O)(=O)CC(F)(F)C(F)(F)C(F)F. The van der Waals surface area contributed by atoms with Gasteiger partial charge < -0.3 is 0 Å². The molecule has 1 unspecified atom stereocenters. The zero-order valence-electron chi connectivity index (χ0n) is 14.7. The Labute approximate surface area is 166 Å². The molecule has 0 saturated carbocycles. The van der Waals surface area contributed by atoms with Crippen LogP contribution in [0.2, 0.25) is 0 Å². The molecule has 0 aromatic carbocycles. The molecule has 0 aromatic rings. The molecule has 0 aliphatic rings. The van der Waals surface area contributed by atoms with Gasteiger partial charge in [-0.25, -0.2) is 17.6 Å². The lowest BCUT2D eigenvalue weighted by atomic mass is 10.2. The molecule has 0 bridgehead atoms. The van der Waals surface area contributed by atoms with Crippen molar-refractivity contribution in [1.82, 2.24) is 0 Å². The largest absolute Gasteiger partial charge is 0.370 e. The van der Waals surface area contributed by atoms with Gasteiger partial charge in [-0.05, 0) is 6.92 Å². The topological polar surface area (TPSA) is 86.7 Å². The zero-order valence-corrected chi connectivity index (χ0v) is 16.3. The third kappa shape index (κ3) is 7.81. The number of alkyl halides is 12. The fourth-order valence-corrected chi connectivity index (χ4v) is 3.89. The van der Waals surface area contributed by atoms with E-state index in [1.54, 1.807) is 0 Å². The van der Waals surface area contributed by atoms with Gasteiger partial charge in [0.1, 0.15) is 11.5 Å². The summed E-state index contributed by atoms with van der Waals surface area (Å²) in [7, 11) is -11.6. The molecule has 0 saturated heterocycles. The smallest absolute Gasteiger partial charge is 0.267 e. The highest BCUT2D eigenvalue weighted by Gasteiger charge is 2.65. The second-order valence-corrected chi connectivity index (χ2v) is 9.09. The molecule has 0 spiro atoms. The van der Waals surface area contributed by atoms with Crippen LogP contribution in [0.4, 0.5) is 52.7 Å². The average Bonchev–Trinajstić information content (AvgIpc) is 2.49. The summed E-state index contributed by atoms with van der Waals surface area (Å²) in [5, 5.41) is 0. The highest BCUT2D eigenvalue weighted by molar-refractivity contribution is 7.87. The van der Waals surface area contributed by atoms with Gasteiger partial charge in [-0.3, -0.25) is 8.37 Å². The minimum Gasteiger partial charge on any atom is -0.267 e. The molecule has 31 heavy (non-hydrogen) atoms. The molecule has 0 fully saturated rings. The Morgan fingerprint density at radius 1 is 0.677 bits per heavy atom. The summed E-state index contributed by atoms with van der Waals surface area (Å²) in [6, 6.07) is 0. The molecule has 20 heteroatoms. The normalized spacial score (nSPS) is 16.2. The van der Waals surface area contributed by atoms with E-state index in [1.807, 2.05) is 0 Å². The molecule has 0 radical (unpaired) electrons. The highest BCUT2D eigenvalue weighted by Crippen LogP contribution is 2.41. The lowest BCUT2D eigenvalue weighted by Gasteiger charge is -2.26. The maximum atomic E-state index is 13.1. The van der Waals surface area contributed by atoms with Crippen molar-refractivity contribution in [2.45, 2.75) is 49.6 Å². The van der Waals surface area contributed by atoms with Crippen LogP contribution in [0.5, 0.6) is 0 Å². The van der Waals surface area contributed by atoms with Crippen LogP contribution in [0.15, 0.2) is 0 Å². The minimum absolute atomic E-state index is 0.475. The lowest BCUT2D eigenvalue weighted by Crippen LogP contribution is -2.51. The van der Waals surface area contributed by atoms with E-state index in [0.29, 0.717) is 6.92 Å². The maximum Gasteiger partial charge on any atom is 0.370 e. The number of hydrogen-bond acceptors (Lipinski definition) is 6. The summed E-state index contributed by atoms with van der Waals surface area (Å²) in [5.41, 5.74) is 0. The summed E-state index contributed by atoms with van der Waals surface area (Å²) in [5.74, 6) is -30.0. The second kappa shape index (κ2) is 9.46. The summed E-state index contributed by atoms with van der Waals surface area (Å²) in [6.07, 6.45) is -12.2. The average molecular weight is 532 g/mol. The van der Waals surface area contributed by atoms with E-state index in [-0.39, 0.29) is 0 Å². The minimum atomic E-state index is -6.12. The molecule has 0 amide bonds. The van der Waals surface area contributed by atoms with Crippen molar-refractivity contribution in [3.05, 3.63) is 0 Å². The molecule has 0 heterocycles. The first kappa shape index (κ1) is 30.0. The molecule has 0 aromatic heterocycles. The summed E-state index contributed by atoms with van der Waals surface area (Å²) in [4.78, 5) is 0. The predicted molar refractivity (Wildman–Crippen MR) is 75.9 cm³/mol. The second-order valence-electron chi connectivity index (χ2n) is 5.85. The van der Waals surface area contributed by atoms with Crippen LogP contribution in [0.25, 0.3) is 0 Å². The van der Waals surface area contributed by atoms with Crippen LogP contribution in [0.1, 0.15) is 6.92 Å². The first-order valence-corrected chi connectivity index (χ1v) is 10.4. The van der Waals surface area contributed by atoms with E-state index < -0.39 is 81.0 Å². The van der Waals surface area contributed by atoms with Crippen LogP contribution < -0.4 is 0 Å². The number of halogens is 12. The summed E-state index contributed by atoms with van der Waals surface area (Å²) < 4.78 is 203. The van der Waals surface area contributed by atoms with E-state index >= 15 is 0 Å². The van der Waals surface area contributed by atoms with Gasteiger partial charge in [0.25, 0.3) is 20.2 Å². The Kier molecular flexibility index (Phi) is 9.15. The monoisotopic (exact) mass is 532 g/mol. The van der Waals surface area contributed by atoms with Crippen LogP contribution in [0.3, 0.4) is 0 Å². The lowest BCUT2D eigenvalue weighted by molar-refractivity contribution is -0.254. The van der Waals surface area contributed by atoms with Gasteiger partial charge in [0.15, 0.2) is 0 Å². The first-order chi connectivity index (χ1) is 13.4. The van der Waals surface area contributed by atoms with E-state index in [9.17, 15) is 69.5 Å². The van der Waals surface area contributed by atoms with Gasteiger partial charge in [-0.1, -0.05) is 0 Å². The van der Waals surface area contributed by atoms with Crippen molar-refractivity contribution in [3.8, 4) is 0 Å². The van der Waals surface area contributed by atoms with Crippen LogP contribution >= 0.6 is 0 Å². The van der Waals surface area contributed by atoms with Gasteiger partial charge in [0.05, 0.1) is 12.7 Å². The first-order valence-electron chi connectivity index (χ1n) is 7.26. The van der Waals surface area contributed by atoms with Gasteiger partial charge >= 0.3 is 36.5 Å². The molecule has 6 nitrogen and oxygen atoms in total. The van der Waals surface area contributed by atoms with Crippen LogP contribution in [-0.4, -0.2) is 77.6 Å². The molecule has 188 valence electrons. The number of hydrogen-bond donors (Lipinski definition) is 0. The molecular formula is C11H12F12O6S2. The Hall–Kier alpha value is -1.02. The molecule has 0 rings (SSSR count). The Balaban J connectivity index is 5.14. The molecule has 0 aliphatic carbocycles. The van der Waals surface area contributed by atoms with E-state index in [0.717, 1.165) is 0 Å². The van der Waals surface area contributed by atoms with E-state index in [2.05, 4.69) is 8.37 Å². The molecule has 0 N–H and O–H groups in total. The van der Waals surface area contributed by atoms with Gasteiger partial charge in [-0.2, -0.15) is 52.0 Å².